The van der Waals surface area contributed by atoms with E-state index in [9.17, 15) is 26.9 Å². The van der Waals surface area contributed by atoms with Crippen molar-refractivity contribution in [1.29, 1.82) is 5.26 Å². The van der Waals surface area contributed by atoms with Gasteiger partial charge in [-0.1, -0.05) is 12.1 Å². The van der Waals surface area contributed by atoms with Crippen LogP contribution in [0.15, 0.2) is 42.7 Å². The lowest BCUT2D eigenvalue weighted by molar-refractivity contribution is -0.127. The molecule has 2 aromatic carbocycles. The van der Waals surface area contributed by atoms with Gasteiger partial charge in [0.05, 0.1) is 18.2 Å². The maximum Gasteiger partial charge on any atom is 0.393 e. The van der Waals surface area contributed by atoms with Gasteiger partial charge in [0.1, 0.15) is 23.9 Å². The van der Waals surface area contributed by atoms with E-state index >= 15 is 0 Å². The predicted molar refractivity (Wildman–Crippen MR) is 187 cm³/mol. The number of likely N-dealkylation sites (tertiary alicyclic amines) is 1. The van der Waals surface area contributed by atoms with Crippen molar-refractivity contribution in [2.75, 3.05) is 63.5 Å². The average Bonchev–Trinajstić information content (AvgIpc) is 3.42. The van der Waals surface area contributed by atoms with E-state index < -0.39 is 22.6 Å². The predicted octanol–water partition coefficient (Wildman–Crippen LogP) is 4.94. The molecule has 7 rings (SSSR count). The largest absolute Gasteiger partial charge is 0.393 e. The first-order valence-corrected chi connectivity index (χ1v) is 19.1. The van der Waals surface area contributed by atoms with Crippen molar-refractivity contribution in [3.63, 3.8) is 0 Å². The monoisotopic (exact) mass is 708 g/mol. The third-order valence-corrected chi connectivity index (χ3v) is 12.4. The smallest absolute Gasteiger partial charge is 0.355 e. The van der Waals surface area contributed by atoms with Crippen LogP contribution in [0.1, 0.15) is 42.1 Å². The molecule has 0 amide bonds. The van der Waals surface area contributed by atoms with E-state index in [1.807, 2.05) is 6.07 Å². The molecule has 0 aliphatic carbocycles. The van der Waals surface area contributed by atoms with Gasteiger partial charge in [-0.05, 0) is 80.7 Å². The third-order valence-electron chi connectivity index (χ3n) is 11.1. The molecule has 0 radical (unpaired) electrons. The molecule has 1 spiro atoms. The number of benzene rings is 2. The van der Waals surface area contributed by atoms with Crippen LogP contribution in [-0.4, -0.2) is 108 Å². The highest BCUT2D eigenvalue weighted by molar-refractivity contribution is 7.88. The van der Waals surface area contributed by atoms with Crippen molar-refractivity contribution in [2.24, 2.45) is 5.41 Å². The van der Waals surface area contributed by atoms with E-state index in [0.29, 0.717) is 55.1 Å². The number of anilines is 1. The summed E-state index contributed by atoms with van der Waals surface area (Å²) in [4.78, 5) is 15.8. The number of hydrogen-bond acceptors (Lipinski definition) is 8. The fraction of sp³-hybridized carbons (Fsp3) is 0.528. The number of piperazine rings is 1. The van der Waals surface area contributed by atoms with Crippen LogP contribution in [0.3, 0.4) is 0 Å². The van der Waals surface area contributed by atoms with Crippen LogP contribution in [0.2, 0.25) is 0 Å². The summed E-state index contributed by atoms with van der Waals surface area (Å²) in [5.41, 5.74) is 5.14. The Kier molecular flexibility index (Phi) is 9.07. The summed E-state index contributed by atoms with van der Waals surface area (Å²) in [7, 11) is -3.19. The molecule has 0 N–H and O–H groups in total. The number of nitriles is 1. The van der Waals surface area contributed by atoms with Crippen molar-refractivity contribution in [2.45, 2.75) is 58.4 Å². The van der Waals surface area contributed by atoms with Crippen molar-refractivity contribution >= 4 is 37.6 Å². The van der Waals surface area contributed by atoms with E-state index in [1.54, 1.807) is 12.1 Å². The molecule has 5 heterocycles. The topological polar surface area (TPSA) is 102 Å². The molecule has 0 bridgehead atoms. The van der Waals surface area contributed by atoms with Gasteiger partial charge in [0.2, 0.25) is 10.0 Å². The molecule has 14 heteroatoms. The van der Waals surface area contributed by atoms with Gasteiger partial charge >= 0.3 is 6.18 Å². The number of halogens is 3. The summed E-state index contributed by atoms with van der Waals surface area (Å²) in [5, 5.41) is 11.8. The first-order chi connectivity index (χ1) is 23.7. The molecule has 3 aliphatic heterocycles. The molecule has 266 valence electrons. The van der Waals surface area contributed by atoms with Gasteiger partial charge in [-0.3, -0.25) is 9.80 Å². The molecule has 2 aromatic heterocycles. The number of aryl methyl sites for hydroxylation is 1. The number of sulfonamides is 1. The summed E-state index contributed by atoms with van der Waals surface area (Å²) in [6.45, 7) is 11.6. The minimum atomic E-state index is -4.27. The Morgan fingerprint density at radius 2 is 1.70 bits per heavy atom. The molecule has 10 nitrogen and oxygen atoms in total. The van der Waals surface area contributed by atoms with Crippen LogP contribution in [0.4, 0.5) is 19.0 Å². The van der Waals surface area contributed by atoms with E-state index in [2.05, 4.69) is 61.3 Å². The average molecular weight is 709 g/mol. The van der Waals surface area contributed by atoms with Crippen LogP contribution in [0.25, 0.3) is 21.8 Å². The number of aromatic nitrogens is 3. The molecule has 3 saturated heterocycles. The maximum atomic E-state index is 13.1. The molecule has 4 aromatic rings. The van der Waals surface area contributed by atoms with Crippen molar-refractivity contribution < 1.29 is 21.6 Å². The molecular weight excluding hydrogens is 666 g/mol. The quantitative estimate of drug-likeness (QED) is 0.254. The van der Waals surface area contributed by atoms with Crippen LogP contribution < -0.4 is 4.90 Å². The summed E-state index contributed by atoms with van der Waals surface area (Å²) in [6.07, 6.45) is -0.410. The van der Waals surface area contributed by atoms with Gasteiger partial charge in [-0.2, -0.15) is 22.7 Å². The second kappa shape index (κ2) is 13.1. The fourth-order valence-corrected chi connectivity index (χ4v) is 9.00. The van der Waals surface area contributed by atoms with E-state index in [4.69, 9.17) is 0 Å². The Balaban J connectivity index is 0.981. The van der Waals surface area contributed by atoms with Crippen LogP contribution in [0, 0.1) is 23.7 Å². The normalized spacial score (nSPS) is 20.0. The summed E-state index contributed by atoms with van der Waals surface area (Å²) in [5.74, 6) is 0.712. The lowest BCUT2D eigenvalue weighted by atomic mass is 9.72. The number of hydrogen-bond donors (Lipinski definition) is 0. The number of fused-ring (bicyclic) bond motifs is 2. The molecule has 3 fully saturated rings. The fourth-order valence-electron chi connectivity index (χ4n) is 8.18. The molecule has 50 heavy (non-hydrogen) atoms. The van der Waals surface area contributed by atoms with Crippen LogP contribution >= 0.6 is 0 Å². The van der Waals surface area contributed by atoms with Crippen molar-refractivity contribution in [3.05, 3.63) is 65.1 Å². The summed E-state index contributed by atoms with van der Waals surface area (Å²) < 4.78 is 66.7. The van der Waals surface area contributed by atoms with Gasteiger partial charge in [0.25, 0.3) is 0 Å². The Bertz CT molecular complexity index is 2050. The van der Waals surface area contributed by atoms with E-state index in [0.717, 1.165) is 56.5 Å². The standard InChI is InChI=1S/C36H43F3N8O2S/c1-25(44-12-14-46(15-13-44)50(3,48)49)20-47-29(19-40)17-30-26(2)28(5-7-33(30)47)21-43-10-8-35(9-11-43)22-45(23-35)34-31-16-27(18-36(37,38)39)4-6-32(31)41-24-42-34/h4-7,16-17,24-25H,8-15,18,20-23H2,1-3H3. The van der Waals surface area contributed by atoms with E-state index in [1.165, 1.54) is 34.1 Å². The summed E-state index contributed by atoms with van der Waals surface area (Å²) in [6, 6.07) is 13.6. The maximum absolute atomic E-state index is 13.1. The highest BCUT2D eigenvalue weighted by Gasteiger charge is 2.45. The molecule has 1 unspecified atom stereocenters. The Hall–Kier alpha value is -3.77. The second-order valence-electron chi connectivity index (χ2n) is 14.6. The minimum absolute atomic E-state index is 0.141. The number of rotatable bonds is 8. The Labute approximate surface area is 291 Å². The van der Waals surface area contributed by atoms with Crippen molar-refractivity contribution in [1.82, 2.24) is 28.6 Å². The van der Waals surface area contributed by atoms with Crippen molar-refractivity contribution in [3.8, 4) is 6.07 Å². The minimum Gasteiger partial charge on any atom is -0.355 e. The third kappa shape index (κ3) is 6.93. The molecule has 1 atom stereocenters. The van der Waals surface area contributed by atoms with E-state index in [-0.39, 0.29) is 17.0 Å². The van der Waals surface area contributed by atoms with Crippen LogP contribution in [-0.2, 0) is 29.5 Å². The zero-order chi connectivity index (χ0) is 35.4. The van der Waals surface area contributed by atoms with Gasteiger partial charge in [-0.25, -0.2) is 18.4 Å². The molecule has 3 aliphatic rings. The SMILES string of the molecule is Cc1c(CN2CCC3(CC2)CN(c2ncnc4ccc(CC(F)(F)F)cc24)C3)ccc2c1cc(C#N)n2CC(C)N1CCN(S(C)(=O)=O)CC1. The Morgan fingerprint density at radius 1 is 0.980 bits per heavy atom. The van der Waals surface area contributed by atoms with Crippen LogP contribution in [0.5, 0.6) is 0 Å². The zero-order valence-corrected chi connectivity index (χ0v) is 29.6. The number of piperidine rings is 1. The van der Waals surface area contributed by atoms with Gasteiger partial charge in [0, 0.05) is 80.1 Å². The molecule has 0 saturated carbocycles. The highest BCUT2D eigenvalue weighted by Crippen LogP contribution is 2.44. The lowest BCUT2D eigenvalue weighted by Gasteiger charge is -2.54. The summed E-state index contributed by atoms with van der Waals surface area (Å²) >= 11 is 0. The highest BCUT2D eigenvalue weighted by atomic mass is 32.2. The first kappa shape index (κ1) is 34.7. The zero-order valence-electron chi connectivity index (χ0n) is 28.7. The van der Waals surface area contributed by atoms with Gasteiger partial charge in [0.15, 0.2) is 0 Å². The number of nitrogens with zero attached hydrogens (tertiary/aromatic N) is 8. The lowest BCUT2D eigenvalue weighted by Crippen LogP contribution is -2.60. The van der Waals surface area contributed by atoms with Gasteiger partial charge < -0.3 is 9.47 Å². The molecular formula is C36H43F3N8O2S. The Morgan fingerprint density at radius 3 is 2.36 bits per heavy atom. The second-order valence-corrected chi connectivity index (χ2v) is 16.5. The first-order valence-electron chi connectivity index (χ1n) is 17.2. The van der Waals surface area contributed by atoms with Gasteiger partial charge in [-0.15, -0.1) is 0 Å². The number of alkyl halides is 3.